The van der Waals surface area contributed by atoms with Crippen LogP contribution in [0, 0.1) is 11.3 Å². The molecule has 2 N–H and O–H groups in total. The van der Waals surface area contributed by atoms with Gasteiger partial charge in [-0.25, -0.2) is 4.98 Å². The number of pyridine rings is 1. The zero-order valence-electron chi connectivity index (χ0n) is 16.7. The van der Waals surface area contributed by atoms with Gasteiger partial charge < -0.3 is 10.3 Å². The summed E-state index contributed by atoms with van der Waals surface area (Å²) in [5.74, 6) is 0.167. The number of rotatable bonds is 7. The predicted octanol–water partition coefficient (Wildman–Crippen LogP) is 4.60. The number of hydrogen-bond donors (Lipinski definition) is 2. The molecule has 4 aromatic rings. The number of amides is 1. The molecule has 2 aromatic heterocycles. The van der Waals surface area contributed by atoms with Gasteiger partial charge in [-0.05, 0) is 48.2 Å². The first-order valence-electron chi connectivity index (χ1n) is 9.96. The SMILES string of the molecule is CCc1ccc2nc(SCC(=O)NCCc3c[nH]c4ccccc34)c(C#N)cc2c1. The number of H-pyrrole nitrogens is 1. The van der Waals surface area contributed by atoms with Gasteiger partial charge in [-0.3, -0.25) is 4.79 Å². The molecule has 0 radical (unpaired) electrons. The summed E-state index contributed by atoms with van der Waals surface area (Å²) in [6, 6.07) is 18.3. The zero-order valence-corrected chi connectivity index (χ0v) is 17.6. The van der Waals surface area contributed by atoms with Gasteiger partial charge in [-0.1, -0.05) is 43.0 Å². The Morgan fingerprint density at radius 1 is 1.23 bits per heavy atom. The fourth-order valence-electron chi connectivity index (χ4n) is 3.48. The monoisotopic (exact) mass is 414 g/mol. The maximum atomic E-state index is 12.3. The number of carbonyl (C=O) groups is 1. The predicted molar refractivity (Wildman–Crippen MR) is 122 cm³/mol. The summed E-state index contributed by atoms with van der Waals surface area (Å²) in [7, 11) is 0. The number of carbonyl (C=O) groups excluding carboxylic acids is 1. The number of aryl methyl sites for hydroxylation is 1. The van der Waals surface area contributed by atoms with E-state index in [0.29, 0.717) is 17.1 Å². The first-order valence-corrected chi connectivity index (χ1v) is 10.9. The van der Waals surface area contributed by atoms with E-state index in [-0.39, 0.29) is 11.7 Å². The number of nitriles is 1. The third-order valence-electron chi connectivity index (χ3n) is 5.10. The molecule has 2 heterocycles. The van der Waals surface area contributed by atoms with Crippen molar-refractivity contribution in [1.82, 2.24) is 15.3 Å². The molecule has 0 fully saturated rings. The number of nitrogens with one attached hydrogen (secondary N) is 2. The van der Waals surface area contributed by atoms with E-state index in [4.69, 9.17) is 0 Å². The Morgan fingerprint density at radius 3 is 2.93 bits per heavy atom. The van der Waals surface area contributed by atoms with Crippen LogP contribution in [0.2, 0.25) is 0 Å². The fourth-order valence-corrected chi connectivity index (χ4v) is 4.27. The summed E-state index contributed by atoms with van der Waals surface area (Å²) in [4.78, 5) is 20.2. The lowest BCUT2D eigenvalue weighted by molar-refractivity contribution is -0.118. The van der Waals surface area contributed by atoms with Gasteiger partial charge >= 0.3 is 0 Å². The summed E-state index contributed by atoms with van der Waals surface area (Å²) in [6.07, 6.45) is 3.69. The Balaban J connectivity index is 1.36. The second-order valence-electron chi connectivity index (χ2n) is 7.08. The maximum absolute atomic E-state index is 12.3. The van der Waals surface area contributed by atoms with Gasteiger partial charge in [0.1, 0.15) is 11.1 Å². The number of aromatic nitrogens is 2. The lowest BCUT2D eigenvalue weighted by Gasteiger charge is -2.08. The van der Waals surface area contributed by atoms with Gasteiger partial charge in [0.05, 0.1) is 16.8 Å². The molecular weight excluding hydrogens is 392 g/mol. The largest absolute Gasteiger partial charge is 0.361 e. The Kier molecular flexibility index (Phi) is 6.01. The second-order valence-corrected chi connectivity index (χ2v) is 8.05. The molecule has 30 heavy (non-hydrogen) atoms. The summed E-state index contributed by atoms with van der Waals surface area (Å²) < 4.78 is 0. The smallest absolute Gasteiger partial charge is 0.230 e. The van der Waals surface area contributed by atoms with Gasteiger partial charge in [0, 0.05) is 29.0 Å². The molecule has 0 bridgehead atoms. The van der Waals surface area contributed by atoms with Crippen LogP contribution in [0.15, 0.2) is 59.8 Å². The standard InChI is InChI=1S/C24H22N4OS/c1-2-16-7-8-21-18(11-16)12-19(13-25)24(28-21)30-15-23(29)26-10-9-17-14-27-22-6-4-3-5-20(17)22/h3-8,11-12,14,27H,2,9-10,15H2,1H3,(H,26,29). The highest BCUT2D eigenvalue weighted by molar-refractivity contribution is 8.00. The average molecular weight is 415 g/mol. The summed E-state index contributed by atoms with van der Waals surface area (Å²) in [6.45, 7) is 2.67. The van der Waals surface area contributed by atoms with Crippen LogP contribution in [0.4, 0.5) is 0 Å². The minimum absolute atomic E-state index is 0.0630. The van der Waals surface area contributed by atoms with Crippen molar-refractivity contribution >= 4 is 39.5 Å². The molecule has 0 aliphatic rings. The van der Waals surface area contributed by atoms with Gasteiger partial charge in [0.15, 0.2) is 0 Å². The molecule has 0 saturated carbocycles. The normalized spacial score (nSPS) is 10.9. The zero-order chi connectivity index (χ0) is 20.9. The molecule has 2 aromatic carbocycles. The molecule has 1 amide bonds. The minimum atomic E-state index is -0.0630. The van der Waals surface area contributed by atoms with Crippen molar-refractivity contribution in [3.8, 4) is 6.07 Å². The van der Waals surface area contributed by atoms with Gasteiger partial charge in [0.25, 0.3) is 0 Å². The maximum Gasteiger partial charge on any atom is 0.230 e. The van der Waals surface area contributed by atoms with Crippen LogP contribution in [-0.2, 0) is 17.6 Å². The Hall–Kier alpha value is -3.30. The quantitative estimate of drug-likeness (QED) is 0.433. The molecule has 0 saturated heterocycles. The molecule has 5 nitrogen and oxygen atoms in total. The van der Waals surface area contributed by atoms with Crippen LogP contribution < -0.4 is 5.32 Å². The van der Waals surface area contributed by atoms with Crippen LogP contribution in [0.3, 0.4) is 0 Å². The summed E-state index contributed by atoms with van der Waals surface area (Å²) >= 11 is 1.30. The van der Waals surface area contributed by atoms with Crippen molar-refractivity contribution in [2.45, 2.75) is 24.8 Å². The molecule has 0 unspecified atom stereocenters. The van der Waals surface area contributed by atoms with E-state index in [1.54, 1.807) is 0 Å². The number of benzene rings is 2. The van der Waals surface area contributed by atoms with Gasteiger partial charge in [-0.15, -0.1) is 0 Å². The second kappa shape index (κ2) is 9.02. The molecule has 0 aliphatic heterocycles. The van der Waals surface area contributed by atoms with Crippen molar-refractivity contribution in [2.75, 3.05) is 12.3 Å². The van der Waals surface area contributed by atoms with Gasteiger partial charge in [0.2, 0.25) is 5.91 Å². The molecular formula is C24H22N4OS. The molecule has 6 heteroatoms. The van der Waals surface area contributed by atoms with Gasteiger partial charge in [-0.2, -0.15) is 5.26 Å². The number of aromatic amines is 1. The highest BCUT2D eigenvalue weighted by Gasteiger charge is 2.11. The van der Waals surface area contributed by atoms with Crippen LogP contribution >= 0.6 is 11.8 Å². The van der Waals surface area contributed by atoms with E-state index in [0.717, 1.165) is 29.3 Å². The average Bonchev–Trinajstić information content (AvgIpc) is 3.19. The van der Waals surface area contributed by atoms with E-state index >= 15 is 0 Å². The molecule has 150 valence electrons. The first kappa shape index (κ1) is 20.0. The van der Waals surface area contributed by atoms with Crippen molar-refractivity contribution in [3.05, 3.63) is 71.4 Å². The van der Waals surface area contributed by atoms with E-state index < -0.39 is 0 Å². The number of thioether (sulfide) groups is 1. The number of nitrogens with zero attached hydrogens (tertiary/aromatic N) is 2. The Labute approximate surface area is 179 Å². The number of fused-ring (bicyclic) bond motifs is 2. The van der Waals surface area contributed by atoms with Crippen LogP contribution in [-0.4, -0.2) is 28.2 Å². The fraction of sp³-hybridized carbons (Fsp3) is 0.208. The van der Waals surface area contributed by atoms with E-state index in [2.05, 4.69) is 40.4 Å². The topological polar surface area (TPSA) is 81.6 Å². The van der Waals surface area contributed by atoms with Crippen LogP contribution in [0.1, 0.15) is 23.6 Å². The van der Waals surface area contributed by atoms with E-state index in [1.807, 2.05) is 42.6 Å². The lowest BCUT2D eigenvalue weighted by atomic mass is 10.1. The van der Waals surface area contributed by atoms with E-state index in [1.165, 1.54) is 28.3 Å². The highest BCUT2D eigenvalue weighted by atomic mass is 32.2. The number of para-hydroxylation sites is 1. The third-order valence-corrected chi connectivity index (χ3v) is 6.10. The summed E-state index contributed by atoms with van der Waals surface area (Å²) in [5, 5.41) is 15.2. The first-order chi connectivity index (χ1) is 14.7. The van der Waals surface area contributed by atoms with Crippen molar-refractivity contribution < 1.29 is 4.79 Å². The van der Waals surface area contributed by atoms with Crippen LogP contribution in [0.5, 0.6) is 0 Å². The van der Waals surface area contributed by atoms with E-state index in [9.17, 15) is 10.1 Å². The molecule has 4 rings (SSSR count). The lowest BCUT2D eigenvalue weighted by Crippen LogP contribution is -2.27. The molecule has 0 aliphatic carbocycles. The molecule has 0 atom stereocenters. The number of hydrogen-bond acceptors (Lipinski definition) is 4. The van der Waals surface area contributed by atoms with Crippen molar-refractivity contribution in [3.63, 3.8) is 0 Å². The summed E-state index contributed by atoms with van der Waals surface area (Å²) in [5.41, 5.74) is 4.85. The molecule has 0 spiro atoms. The Morgan fingerprint density at radius 2 is 2.10 bits per heavy atom. The van der Waals surface area contributed by atoms with Crippen molar-refractivity contribution in [1.29, 1.82) is 5.26 Å². The third kappa shape index (κ3) is 4.32. The van der Waals surface area contributed by atoms with Crippen molar-refractivity contribution in [2.24, 2.45) is 0 Å². The highest BCUT2D eigenvalue weighted by Crippen LogP contribution is 2.25. The minimum Gasteiger partial charge on any atom is -0.361 e. The Bertz CT molecular complexity index is 1260. The van der Waals surface area contributed by atoms with Crippen LogP contribution in [0.25, 0.3) is 21.8 Å².